The number of aliphatic carboxylic acids is 1. The summed E-state index contributed by atoms with van der Waals surface area (Å²) in [6.45, 7) is 3.47. The second kappa shape index (κ2) is 6.53. The molecule has 19 heavy (non-hydrogen) atoms. The maximum Gasteiger partial charge on any atom is 0.322 e. The van der Waals surface area contributed by atoms with Gasteiger partial charge in [-0.3, -0.25) is 4.79 Å². The Balaban J connectivity index is 3.08. The fraction of sp³-hybridized carbons (Fsp3) is 0.500. The van der Waals surface area contributed by atoms with Crippen molar-refractivity contribution in [2.24, 2.45) is 5.92 Å². The van der Waals surface area contributed by atoms with Crippen LogP contribution in [0.4, 0.5) is 0 Å². The van der Waals surface area contributed by atoms with E-state index in [2.05, 4.69) is 20.7 Å². The first-order chi connectivity index (χ1) is 8.69. The molecule has 0 aliphatic carbocycles. The molecule has 0 aromatic carbocycles. The zero-order chi connectivity index (χ0) is 14.8. The topological polar surface area (TPSA) is 83.5 Å². The van der Waals surface area contributed by atoms with Crippen molar-refractivity contribution in [2.75, 3.05) is 0 Å². The number of carbonyl (C=O) groups is 1. The van der Waals surface area contributed by atoms with Gasteiger partial charge in [0.05, 0.1) is 3.79 Å². The Morgan fingerprint density at radius 1 is 1.63 bits per heavy atom. The van der Waals surface area contributed by atoms with Crippen LogP contribution < -0.4 is 4.72 Å². The fourth-order valence-electron chi connectivity index (χ4n) is 1.38. The third kappa shape index (κ3) is 4.16. The summed E-state index contributed by atoms with van der Waals surface area (Å²) in [5.74, 6) is -1.53. The molecule has 0 bridgehead atoms. The summed E-state index contributed by atoms with van der Waals surface area (Å²) in [6, 6.07) is 0.176. The second-order valence-corrected chi connectivity index (χ2v) is 8.73. The maximum absolute atomic E-state index is 12.1. The van der Waals surface area contributed by atoms with Gasteiger partial charge >= 0.3 is 5.97 Å². The van der Waals surface area contributed by atoms with Crippen molar-refractivity contribution >= 4 is 54.9 Å². The minimum Gasteiger partial charge on any atom is -0.480 e. The van der Waals surface area contributed by atoms with Crippen molar-refractivity contribution in [1.29, 1.82) is 0 Å². The van der Waals surface area contributed by atoms with Crippen LogP contribution in [0.5, 0.6) is 0 Å². The highest BCUT2D eigenvalue weighted by molar-refractivity contribution is 9.11. The van der Waals surface area contributed by atoms with E-state index in [9.17, 15) is 13.2 Å². The van der Waals surface area contributed by atoms with Crippen molar-refractivity contribution < 1.29 is 18.3 Å². The monoisotopic (exact) mass is 389 g/mol. The molecule has 0 radical (unpaired) electrons. The Labute approximate surface area is 129 Å². The quantitative estimate of drug-likeness (QED) is 0.782. The molecule has 9 heteroatoms. The number of carboxylic acid groups (broad SMARTS) is 1. The molecular weight excluding hydrogens is 378 g/mol. The summed E-state index contributed by atoms with van der Waals surface area (Å²) in [5, 5.41) is 9.09. The van der Waals surface area contributed by atoms with Crippen LogP contribution in [0.25, 0.3) is 0 Å². The van der Waals surface area contributed by atoms with Gasteiger partial charge in [0.1, 0.15) is 15.3 Å². The number of carboxylic acids is 1. The highest BCUT2D eigenvalue weighted by atomic mass is 79.9. The van der Waals surface area contributed by atoms with Crippen LogP contribution in [0.15, 0.2) is 14.7 Å². The van der Waals surface area contributed by atoms with E-state index in [1.54, 1.807) is 13.8 Å². The molecule has 5 nitrogen and oxygen atoms in total. The van der Waals surface area contributed by atoms with Crippen LogP contribution >= 0.6 is 38.9 Å². The van der Waals surface area contributed by atoms with E-state index in [4.69, 9.17) is 16.7 Å². The van der Waals surface area contributed by atoms with Gasteiger partial charge in [-0.05, 0) is 27.9 Å². The Kier molecular flexibility index (Phi) is 5.81. The van der Waals surface area contributed by atoms with Crippen molar-refractivity contribution in [1.82, 2.24) is 4.72 Å². The van der Waals surface area contributed by atoms with Crippen LogP contribution in [0, 0.1) is 5.92 Å². The number of halogens is 2. The van der Waals surface area contributed by atoms with Crippen molar-refractivity contribution in [3.05, 3.63) is 14.2 Å². The Hall–Kier alpha value is -0.150. The summed E-state index contributed by atoms with van der Waals surface area (Å²) >= 11 is 10.0. The summed E-state index contributed by atoms with van der Waals surface area (Å²) < 4.78 is 27.1. The third-order valence-corrected chi connectivity index (χ3v) is 6.24. The molecule has 0 saturated carbocycles. The minimum absolute atomic E-state index is 0.0904. The predicted octanol–water partition coefficient (Wildman–Crippen LogP) is 2.94. The van der Waals surface area contributed by atoms with Crippen LogP contribution in [0.2, 0.25) is 4.34 Å². The van der Waals surface area contributed by atoms with Gasteiger partial charge in [-0.15, -0.1) is 11.3 Å². The first-order valence-corrected chi connectivity index (χ1v) is 8.86. The average molecular weight is 391 g/mol. The molecule has 0 amide bonds. The first-order valence-electron chi connectivity index (χ1n) is 5.39. The van der Waals surface area contributed by atoms with Gasteiger partial charge in [-0.25, -0.2) is 8.42 Å². The predicted molar refractivity (Wildman–Crippen MR) is 78.2 cm³/mol. The lowest BCUT2D eigenvalue weighted by molar-refractivity contribution is -0.140. The molecule has 0 saturated heterocycles. The zero-order valence-corrected chi connectivity index (χ0v) is 14.2. The summed E-state index contributed by atoms with van der Waals surface area (Å²) in [6.07, 6.45) is 0.542. The molecule has 0 unspecified atom stereocenters. The van der Waals surface area contributed by atoms with Crippen LogP contribution in [-0.4, -0.2) is 25.5 Å². The minimum atomic E-state index is -3.95. The van der Waals surface area contributed by atoms with E-state index < -0.39 is 22.0 Å². The van der Waals surface area contributed by atoms with Crippen molar-refractivity contribution in [3.8, 4) is 0 Å². The molecule has 1 rings (SSSR count). The van der Waals surface area contributed by atoms with E-state index in [1.165, 1.54) is 6.07 Å². The second-order valence-electron chi connectivity index (χ2n) is 4.01. The smallest absolute Gasteiger partial charge is 0.322 e. The molecule has 0 aliphatic rings. The molecule has 0 aliphatic heterocycles. The standard InChI is InChI=1S/C10H13BrClNO4S2/c1-3-5(2)8(10(14)15)13-19(16,17)6-4-7(11)18-9(6)12/h4-5,8,13H,3H2,1-2H3,(H,14,15)/t5-,8-/m0/s1. The van der Waals surface area contributed by atoms with Gasteiger partial charge in [-0.2, -0.15) is 4.72 Å². The van der Waals surface area contributed by atoms with E-state index >= 15 is 0 Å². The molecule has 1 heterocycles. The third-order valence-electron chi connectivity index (χ3n) is 2.68. The molecular formula is C10H13BrClNO4S2. The van der Waals surface area contributed by atoms with Gasteiger partial charge < -0.3 is 5.11 Å². The first kappa shape index (κ1) is 16.9. The molecule has 108 valence electrons. The van der Waals surface area contributed by atoms with Gasteiger partial charge in [0.2, 0.25) is 10.0 Å². The van der Waals surface area contributed by atoms with E-state index in [1.807, 2.05) is 0 Å². The number of thiophene rings is 1. The van der Waals surface area contributed by atoms with E-state index in [0.29, 0.717) is 10.2 Å². The van der Waals surface area contributed by atoms with Crippen LogP contribution in [0.1, 0.15) is 20.3 Å². The van der Waals surface area contributed by atoms with E-state index in [0.717, 1.165) is 11.3 Å². The number of hydrogen-bond donors (Lipinski definition) is 2. The van der Waals surface area contributed by atoms with E-state index in [-0.39, 0.29) is 15.1 Å². The molecule has 2 N–H and O–H groups in total. The van der Waals surface area contributed by atoms with Gasteiger partial charge in [-0.1, -0.05) is 31.9 Å². The Morgan fingerprint density at radius 2 is 2.21 bits per heavy atom. The lowest BCUT2D eigenvalue weighted by Gasteiger charge is -2.19. The number of hydrogen-bond acceptors (Lipinski definition) is 4. The van der Waals surface area contributed by atoms with Gasteiger partial charge in [0.15, 0.2) is 0 Å². The highest BCUT2D eigenvalue weighted by Crippen LogP contribution is 2.34. The molecule has 0 spiro atoms. The van der Waals surface area contributed by atoms with Crippen molar-refractivity contribution in [3.63, 3.8) is 0 Å². The Morgan fingerprint density at radius 3 is 2.58 bits per heavy atom. The lowest BCUT2D eigenvalue weighted by atomic mass is 10.0. The van der Waals surface area contributed by atoms with Gasteiger partial charge in [0, 0.05) is 0 Å². The fourth-order valence-corrected chi connectivity index (χ4v) is 5.45. The normalized spacial score (nSPS) is 15.2. The summed E-state index contributed by atoms with van der Waals surface area (Å²) in [5.41, 5.74) is 0. The molecule has 1 aromatic rings. The van der Waals surface area contributed by atoms with Crippen molar-refractivity contribution in [2.45, 2.75) is 31.2 Å². The zero-order valence-electron chi connectivity index (χ0n) is 10.2. The number of rotatable bonds is 6. The molecule has 0 fully saturated rings. The summed E-state index contributed by atoms with van der Waals surface area (Å²) in [4.78, 5) is 11.0. The molecule has 2 atom stereocenters. The van der Waals surface area contributed by atoms with Crippen LogP contribution in [0.3, 0.4) is 0 Å². The number of nitrogens with one attached hydrogen (secondary N) is 1. The SMILES string of the molecule is CC[C@H](C)[C@H](NS(=O)(=O)c1cc(Br)sc1Cl)C(=O)O. The molecule has 1 aromatic heterocycles. The Bertz CT molecular complexity index is 572. The maximum atomic E-state index is 12.1. The average Bonchev–Trinajstić information content (AvgIpc) is 2.65. The summed E-state index contributed by atoms with van der Waals surface area (Å²) in [7, 11) is -3.95. The van der Waals surface area contributed by atoms with Crippen LogP contribution in [-0.2, 0) is 14.8 Å². The highest BCUT2D eigenvalue weighted by Gasteiger charge is 2.31. The lowest BCUT2D eigenvalue weighted by Crippen LogP contribution is -2.44. The largest absolute Gasteiger partial charge is 0.480 e. The van der Waals surface area contributed by atoms with Gasteiger partial charge in [0.25, 0.3) is 0 Å². The number of sulfonamides is 1.